The number of pyridine rings is 1. The first kappa shape index (κ1) is 14.4. The lowest BCUT2D eigenvalue weighted by Crippen LogP contribution is -2.28. The average Bonchev–Trinajstić information content (AvgIpc) is 2.53. The van der Waals surface area contributed by atoms with E-state index in [1.165, 1.54) is 0 Å². The van der Waals surface area contributed by atoms with Crippen molar-refractivity contribution in [1.29, 1.82) is 0 Å². The molecule has 0 amide bonds. The summed E-state index contributed by atoms with van der Waals surface area (Å²) in [7, 11) is 1.59. The Morgan fingerprint density at radius 2 is 2.27 bits per heavy atom. The van der Waals surface area contributed by atoms with Crippen LogP contribution in [0.25, 0.3) is 11.1 Å². The lowest BCUT2D eigenvalue weighted by Gasteiger charge is -2.24. The molecule has 1 aromatic heterocycles. The molecule has 0 aliphatic carbocycles. The predicted octanol–water partition coefficient (Wildman–Crippen LogP) is 2.70. The first-order chi connectivity index (χ1) is 10.6. The van der Waals surface area contributed by atoms with Gasteiger partial charge in [-0.15, -0.1) is 0 Å². The average molecular weight is 299 g/mol. The van der Waals surface area contributed by atoms with E-state index in [9.17, 15) is 4.79 Å². The molecular weight excluding hydrogens is 282 g/mol. The molecule has 1 aliphatic rings. The Kier molecular flexibility index (Phi) is 3.71. The van der Waals surface area contributed by atoms with Crippen LogP contribution in [0.2, 0.25) is 0 Å². The van der Waals surface area contributed by atoms with Gasteiger partial charge < -0.3 is 14.6 Å². The Labute approximate surface area is 128 Å². The number of benzene rings is 1. The van der Waals surface area contributed by atoms with E-state index < -0.39 is 11.9 Å². The molecule has 0 spiro atoms. The summed E-state index contributed by atoms with van der Waals surface area (Å²) in [6.45, 7) is 2.13. The summed E-state index contributed by atoms with van der Waals surface area (Å²) < 4.78 is 10.9. The van der Waals surface area contributed by atoms with Crippen LogP contribution >= 0.6 is 0 Å². The third-order valence-electron chi connectivity index (χ3n) is 3.88. The number of carboxylic acid groups (broad SMARTS) is 1. The SMILES string of the molecule is COc1ncc(-c2cccc3c2OCC(C(=O)O)C3)cc1C. The van der Waals surface area contributed by atoms with E-state index in [0.717, 1.165) is 28.0 Å². The van der Waals surface area contributed by atoms with E-state index in [-0.39, 0.29) is 6.61 Å². The van der Waals surface area contributed by atoms with Gasteiger partial charge in [-0.3, -0.25) is 4.79 Å². The summed E-state index contributed by atoms with van der Waals surface area (Å²) in [6.07, 6.45) is 2.23. The number of hydrogen-bond acceptors (Lipinski definition) is 4. The van der Waals surface area contributed by atoms with Crippen LogP contribution in [0, 0.1) is 12.8 Å². The van der Waals surface area contributed by atoms with Crippen molar-refractivity contribution >= 4 is 5.97 Å². The highest BCUT2D eigenvalue weighted by molar-refractivity contribution is 5.75. The van der Waals surface area contributed by atoms with Crippen molar-refractivity contribution in [3.63, 3.8) is 0 Å². The maximum atomic E-state index is 11.1. The first-order valence-electron chi connectivity index (χ1n) is 7.08. The van der Waals surface area contributed by atoms with Crippen molar-refractivity contribution in [1.82, 2.24) is 4.98 Å². The minimum Gasteiger partial charge on any atom is -0.492 e. The number of methoxy groups -OCH3 is 1. The van der Waals surface area contributed by atoms with Crippen LogP contribution in [0.4, 0.5) is 0 Å². The zero-order valence-corrected chi connectivity index (χ0v) is 12.5. The van der Waals surface area contributed by atoms with E-state index in [1.807, 2.05) is 31.2 Å². The molecule has 1 atom stereocenters. The van der Waals surface area contributed by atoms with Gasteiger partial charge in [0.25, 0.3) is 0 Å². The summed E-state index contributed by atoms with van der Waals surface area (Å²) in [6, 6.07) is 7.79. The van der Waals surface area contributed by atoms with E-state index >= 15 is 0 Å². The largest absolute Gasteiger partial charge is 0.492 e. The van der Waals surface area contributed by atoms with E-state index in [0.29, 0.717) is 12.3 Å². The van der Waals surface area contributed by atoms with Crippen LogP contribution in [-0.4, -0.2) is 29.8 Å². The lowest BCUT2D eigenvalue weighted by molar-refractivity contribution is -0.143. The molecule has 3 rings (SSSR count). The zero-order chi connectivity index (χ0) is 15.7. The number of carboxylic acids is 1. The van der Waals surface area contributed by atoms with E-state index in [4.69, 9.17) is 14.6 Å². The summed E-state index contributed by atoms with van der Waals surface area (Å²) in [5.74, 6) is 0.0447. The molecule has 5 heteroatoms. The van der Waals surface area contributed by atoms with Gasteiger partial charge in [-0.05, 0) is 25.0 Å². The normalized spacial score (nSPS) is 16.5. The maximum absolute atomic E-state index is 11.1. The number of fused-ring (bicyclic) bond motifs is 1. The number of aromatic nitrogens is 1. The molecule has 0 radical (unpaired) electrons. The molecule has 0 saturated heterocycles. The van der Waals surface area contributed by atoms with Gasteiger partial charge >= 0.3 is 5.97 Å². The molecule has 1 N–H and O–H groups in total. The second kappa shape index (κ2) is 5.67. The van der Waals surface area contributed by atoms with Crippen LogP contribution in [0.1, 0.15) is 11.1 Å². The minimum atomic E-state index is -0.821. The fourth-order valence-corrected chi connectivity index (χ4v) is 2.73. The summed E-state index contributed by atoms with van der Waals surface area (Å²) >= 11 is 0. The number of aryl methyl sites for hydroxylation is 1. The monoisotopic (exact) mass is 299 g/mol. The van der Waals surface area contributed by atoms with Gasteiger partial charge in [-0.25, -0.2) is 4.98 Å². The van der Waals surface area contributed by atoms with Crippen molar-refractivity contribution in [3.05, 3.63) is 41.6 Å². The molecule has 22 heavy (non-hydrogen) atoms. The quantitative estimate of drug-likeness (QED) is 0.943. The third-order valence-corrected chi connectivity index (χ3v) is 3.88. The van der Waals surface area contributed by atoms with Crippen LogP contribution < -0.4 is 9.47 Å². The molecule has 114 valence electrons. The standard InChI is InChI=1S/C17H17NO4/c1-10-6-12(8-18-16(10)21-2)14-5-3-4-11-7-13(17(19)20)9-22-15(11)14/h3-6,8,13H,7,9H2,1-2H3,(H,19,20). The number of rotatable bonds is 3. The number of hydrogen-bond donors (Lipinski definition) is 1. The fourth-order valence-electron chi connectivity index (χ4n) is 2.73. The van der Waals surface area contributed by atoms with Crippen molar-refractivity contribution in [2.45, 2.75) is 13.3 Å². The number of aliphatic carboxylic acids is 1. The first-order valence-corrected chi connectivity index (χ1v) is 7.08. The van der Waals surface area contributed by atoms with Crippen molar-refractivity contribution in [2.75, 3.05) is 13.7 Å². The van der Waals surface area contributed by atoms with Crippen molar-refractivity contribution in [2.24, 2.45) is 5.92 Å². The van der Waals surface area contributed by atoms with E-state index in [1.54, 1.807) is 13.3 Å². The van der Waals surface area contributed by atoms with Gasteiger partial charge in [-0.2, -0.15) is 0 Å². The third kappa shape index (κ3) is 2.50. The highest BCUT2D eigenvalue weighted by Crippen LogP contribution is 2.38. The number of para-hydroxylation sites is 1. The van der Waals surface area contributed by atoms with Crippen LogP contribution in [0.3, 0.4) is 0 Å². The van der Waals surface area contributed by atoms with Crippen LogP contribution in [0.5, 0.6) is 11.6 Å². The molecular formula is C17H17NO4. The Balaban J connectivity index is 2.01. The van der Waals surface area contributed by atoms with Gasteiger partial charge in [0.2, 0.25) is 5.88 Å². The van der Waals surface area contributed by atoms with Crippen LogP contribution in [-0.2, 0) is 11.2 Å². The summed E-state index contributed by atoms with van der Waals surface area (Å²) in [5.41, 5.74) is 3.73. The molecule has 5 nitrogen and oxygen atoms in total. The Morgan fingerprint density at radius 1 is 1.45 bits per heavy atom. The molecule has 2 aromatic rings. The number of carbonyl (C=O) groups is 1. The minimum absolute atomic E-state index is 0.196. The predicted molar refractivity (Wildman–Crippen MR) is 81.3 cm³/mol. The summed E-state index contributed by atoms with van der Waals surface area (Å²) in [5, 5.41) is 9.14. The number of ether oxygens (including phenoxy) is 2. The van der Waals surface area contributed by atoms with Crippen LogP contribution in [0.15, 0.2) is 30.5 Å². The highest BCUT2D eigenvalue weighted by atomic mass is 16.5. The molecule has 0 bridgehead atoms. The maximum Gasteiger partial charge on any atom is 0.310 e. The highest BCUT2D eigenvalue weighted by Gasteiger charge is 2.27. The molecule has 0 saturated carbocycles. The molecule has 1 aromatic carbocycles. The van der Waals surface area contributed by atoms with Gasteiger partial charge in [0.05, 0.1) is 13.0 Å². The van der Waals surface area contributed by atoms with Crippen molar-refractivity contribution < 1.29 is 19.4 Å². The molecule has 1 aliphatic heterocycles. The van der Waals surface area contributed by atoms with Gasteiger partial charge in [0.15, 0.2) is 0 Å². The van der Waals surface area contributed by atoms with Gasteiger partial charge in [0.1, 0.15) is 12.4 Å². The van der Waals surface area contributed by atoms with E-state index in [2.05, 4.69) is 4.98 Å². The zero-order valence-electron chi connectivity index (χ0n) is 12.5. The Hall–Kier alpha value is -2.56. The topological polar surface area (TPSA) is 68.7 Å². The molecule has 2 heterocycles. The second-order valence-electron chi connectivity index (χ2n) is 5.39. The second-order valence-corrected chi connectivity index (χ2v) is 5.39. The lowest BCUT2D eigenvalue weighted by atomic mass is 9.93. The Morgan fingerprint density at radius 3 is 2.95 bits per heavy atom. The fraction of sp³-hybridized carbons (Fsp3) is 0.294. The smallest absolute Gasteiger partial charge is 0.310 e. The molecule has 1 unspecified atom stereocenters. The van der Waals surface area contributed by atoms with Crippen molar-refractivity contribution in [3.8, 4) is 22.8 Å². The van der Waals surface area contributed by atoms with Gasteiger partial charge in [0, 0.05) is 22.9 Å². The number of nitrogens with zero attached hydrogens (tertiary/aromatic N) is 1. The Bertz CT molecular complexity index is 727. The molecule has 0 fully saturated rings. The van der Waals surface area contributed by atoms with Gasteiger partial charge in [-0.1, -0.05) is 18.2 Å². The summed E-state index contributed by atoms with van der Waals surface area (Å²) in [4.78, 5) is 15.4.